The van der Waals surface area contributed by atoms with Gasteiger partial charge in [0.2, 0.25) is 0 Å². The third-order valence-corrected chi connectivity index (χ3v) is 9.15. The average molecular weight is 385 g/mol. The highest BCUT2D eigenvalue weighted by molar-refractivity contribution is 6.74. The van der Waals surface area contributed by atoms with E-state index in [0.29, 0.717) is 17.1 Å². The molecule has 0 aliphatic rings. The molecule has 0 heterocycles. The van der Waals surface area contributed by atoms with Gasteiger partial charge in [-0.15, -0.1) is 0 Å². The summed E-state index contributed by atoms with van der Waals surface area (Å²) < 4.78 is 16.6. The summed E-state index contributed by atoms with van der Waals surface area (Å²) in [6, 6.07) is 3.30. The van der Waals surface area contributed by atoms with Crippen molar-refractivity contribution in [2.45, 2.75) is 65.0 Å². The lowest BCUT2D eigenvalue weighted by molar-refractivity contribution is -0.159. The maximum absolute atomic E-state index is 11.7. The van der Waals surface area contributed by atoms with E-state index in [-0.39, 0.29) is 11.6 Å². The van der Waals surface area contributed by atoms with Crippen LogP contribution in [0.1, 0.15) is 44.9 Å². The summed E-state index contributed by atoms with van der Waals surface area (Å²) >= 11 is 0. The summed E-state index contributed by atoms with van der Waals surface area (Å²) in [4.78, 5) is 11.7. The fourth-order valence-electron chi connectivity index (χ4n) is 2.24. The maximum atomic E-state index is 11.7. The van der Waals surface area contributed by atoms with E-state index in [1.54, 1.807) is 26.2 Å². The Kier molecular flexibility index (Phi) is 7.27. The normalized spacial score (nSPS) is 14.5. The zero-order valence-corrected chi connectivity index (χ0v) is 18.0. The van der Waals surface area contributed by atoms with Gasteiger partial charge in [-0.05, 0) is 55.2 Å². The lowest BCUT2D eigenvalue weighted by atomic mass is 10.0. The number of hydrogen-bond acceptors (Lipinski definition) is 6. The van der Waals surface area contributed by atoms with Crippen molar-refractivity contribution in [1.82, 2.24) is 0 Å². The van der Waals surface area contributed by atoms with Crippen molar-refractivity contribution in [3.05, 3.63) is 23.3 Å². The minimum absolute atomic E-state index is 0.0228. The smallest absolute Gasteiger partial charge is 0.338 e. The van der Waals surface area contributed by atoms with Crippen molar-refractivity contribution in [3.8, 4) is 11.5 Å². The van der Waals surface area contributed by atoms with Crippen LogP contribution in [0.3, 0.4) is 0 Å². The molecule has 0 saturated carbocycles. The molecule has 0 bridgehead atoms. The molecule has 0 unspecified atom stereocenters. The second-order valence-corrected chi connectivity index (χ2v) is 12.6. The van der Waals surface area contributed by atoms with Crippen molar-refractivity contribution in [2.24, 2.45) is 0 Å². The highest BCUT2D eigenvalue weighted by Crippen LogP contribution is 2.42. The lowest BCUT2D eigenvalue weighted by Crippen LogP contribution is -2.44. The number of aryl methyl sites for hydroxylation is 1. The molecule has 1 aromatic rings. The Hall–Kier alpha value is -1.57. The monoisotopic (exact) mass is 384 g/mol. The van der Waals surface area contributed by atoms with Crippen LogP contribution in [0.4, 0.5) is 0 Å². The van der Waals surface area contributed by atoms with E-state index in [0.717, 1.165) is 5.56 Å². The van der Waals surface area contributed by atoms with Gasteiger partial charge in [0.05, 0.1) is 13.7 Å². The van der Waals surface area contributed by atoms with Gasteiger partial charge < -0.3 is 24.1 Å². The van der Waals surface area contributed by atoms with Crippen molar-refractivity contribution in [1.29, 1.82) is 0 Å². The molecule has 0 aromatic heterocycles. The van der Waals surface area contributed by atoms with Crippen LogP contribution in [0.15, 0.2) is 12.1 Å². The van der Waals surface area contributed by atoms with Gasteiger partial charge in [0.1, 0.15) is 11.9 Å². The molecular weight excluding hydrogens is 352 g/mol. The van der Waals surface area contributed by atoms with Crippen LogP contribution in [0.5, 0.6) is 11.5 Å². The van der Waals surface area contributed by atoms with E-state index in [1.165, 1.54) is 0 Å². The summed E-state index contributed by atoms with van der Waals surface area (Å²) in [6.45, 7) is 14.2. The second kappa shape index (κ2) is 8.41. The van der Waals surface area contributed by atoms with Crippen molar-refractivity contribution in [2.75, 3.05) is 13.7 Å². The third kappa shape index (κ3) is 4.99. The third-order valence-electron chi connectivity index (χ3n) is 4.81. The first-order valence-electron chi connectivity index (χ1n) is 8.76. The fraction of sp³-hybridized carbons (Fsp3) is 0.632. The van der Waals surface area contributed by atoms with Crippen molar-refractivity contribution < 1.29 is 28.9 Å². The first-order valence-corrected chi connectivity index (χ1v) is 11.7. The van der Waals surface area contributed by atoms with Gasteiger partial charge in [-0.1, -0.05) is 20.8 Å². The quantitative estimate of drug-likeness (QED) is 0.554. The van der Waals surface area contributed by atoms with Gasteiger partial charge in [-0.25, -0.2) is 4.79 Å². The van der Waals surface area contributed by atoms with Crippen LogP contribution in [0, 0.1) is 6.92 Å². The molecule has 7 heteroatoms. The van der Waals surface area contributed by atoms with Crippen LogP contribution in [0.25, 0.3) is 0 Å². The summed E-state index contributed by atoms with van der Waals surface area (Å²) in [7, 11) is -0.592. The lowest BCUT2D eigenvalue weighted by Gasteiger charge is -2.37. The number of aliphatic hydroxyl groups excluding tert-OH is 2. The number of carbonyl (C=O) groups excluding carboxylic acids is 1. The van der Waals surface area contributed by atoms with E-state index in [1.807, 2.05) is 6.92 Å². The molecule has 2 N–H and O–H groups in total. The molecule has 2 atom stereocenters. The fourth-order valence-corrected chi connectivity index (χ4v) is 3.25. The minimum atomic E-state index is -2.15. The number of rotatable bonds is 7. The van der Waals surface area contributed by atoms with Crippen LogP contribution >= 0.6 is 0 Å². The topological polar surface area (TPSA) is 85.2 Å². The molecule has 1 aromatic carbocycles. The molecule has 6 nitrogen and oxygen atoms in total. The van der Waals surface area contributed by atoms with Crippen LogP contribution in [-0.2, 0) is 9.53 Å². The molecule has 0 fully saturated rings. The Morgan fingerprint density at radius 1 is 1.23 bits per heavy atom. The Bertz CT molecular complexity index is 636. The van der Waals surface area contributed by atoms with Crippen molar-refractivity contribution in [3.63, 3.8) is 0 Å². The Labute approximate surface area is 157 Å². The maximum Gasteiger partial charge on any atom is 0.338 e. The zero-order chi connectivity index (χ0) is 20.3. The highest BCUT2D eigenvalue weighted by Gasteiger charge is 2.40. The van der Waals surface area contributed by atoms with Gasteiger partial charge in [0, 0.05) is 0 Å². The molecule has 0 spiro atoms. The Morgan fingerprint density at radius 2 is 1.81 bits per heavy atom. The minimum Gasteiger partial charge on any atom is -0.541 e. The molecule has 1 rings (SSSR count). The molecule has 0 radical (unpaired) electrons. The van der Waals surface area contributed by atoms with Gasteiger partial charge >= 0.3 is 5.97 Å². The first-order chi connectivity index (χ1) is 11.9. The van der Waals surface area contributed by atoms with E-state index < -0.39 is 26.5 Å². The summed E-state index contributed by atoms with van der Waals surface area (Å²) in [5.41, 5.74) is 1.12. The molecule has 0 aliphatic carbocycles. The number of carbonyl (C=O) groups is 1. The Morgan fingerprint density at radius 3 is 2.27 bits per heavy atom. The largest absolute Gasteiger partial charge is 0.541 e. The number of methoxy groups -OCH3 is 1. The standard InChI is InChI=1S/C19H32O6Si/c1-9-24-18(22)16(21)15(20)13-10-12(2)17(23-6)14(11-13)25-26(7,8)19(3,4)5/h10-11,15-16,20-21H,9H2,1-8H3/t15-,16+/m0/s1. The van der Waals surface area contributed by atoms with Crippen LogP contribution in [-0.4, -0.2) is 44.3 Å². The average Bonchev–Trinajstić information content (AvgIpc) is 2.51. The summed E-state index contributed by atoms with van der Waals surface area (Å²) in [6.07, 6.45) is -3.08. The number of benzene rings is 1. The van der Waals surface area contributed by atoms with E-state index >= 15 is 0 Å². The van der Waals surface area contributed by atoms with Gasteiger partial charge in [0.15, 0.2) is 11.9 Å². The number of esters is 1. The predicted octanol–water partition coefficient (Wildman–Crippen LogP) is 3.35. The molecule has 0 saturated heterocycles. The summed E-state index contributed by atoms with van der Waals surface area (Å²) in [5, 5.41) is 20.5. The summed E-state index contributed by atoms with van der Waals surface area (Å²) in [5.74, 6) is 0.223. The molecule has 148 valence electrons. The van der Waals surface area contributed by atoms with Crippen LogP contribution < -0.4 is 9.16 Å². The first kappa shape index (κ1) is 22.5. The number of aliphatic hydroxyl groups is 2. The second-order valence-electron chi connectivity index (χ2n) is 7.87. The van der Waals surface area contributed by atoms with E-state index in [4.69, 9.17) is 13.9 Å². The van der Waals surface area contributed by atoms with Gasteiger partial charge in [-0.2, -0.15) is 0 Å². The zero-order valence-electron chi connectivity index (χ0n) is 17.0. The molecule has 0 amide bonds. The Balaban J connectivity index is 3.30. The molecule has 0 aliphatic heterocycles. The van der Waals surface area contributed by atoms with Gasteiger partial charge in [-0.3, -0.25) is 0 Å². The number of ether oxygens (including phenoxy) is 2. The molecular formula is C19H32O6Si. The van der Waals surface area contributed by atoms with E-state index in [2.05, 4.69) is 33.9 Å². The van der Waals surface area contributed by atoms with Gasteiger partial charge in [0.25, 0.3) is 8.32 Å². The van der Waals surface area contributed by atoms with E-state index in [9.17, 15) is 15.0 Å². The van der Waals surface area contributed by atoms with Crippen LogP contribution in [0.2, 0.25) is 18.1 Å². The molecule has 26 heavy (non-hydrogen) atoms. The SMILES string of the molecule is CCOC(=O)[C@H](O)[C@@H](O)c1cc(C)c(OC)c(O[Si](C)(C)C(C)(C)C)c1. The number of hydrogen-bond donors (Lipinski definition) is 2. The van der Waals surface area contributed by atoms with Crippen molar-refractivity contribution >= 4 is 14.3 Å². The predicted molar refractivity (Wildman–Crippen MR) is 103 cm³/mol. The highest BCUT2D eigenvalue weighted by atomic mass is 28.4.